The average molecular weight is 475 g/mol. The fourth-order valence-corrected chi connectivity index (χ4v) is 3.94. The number of aryl methyl sites for hydroxylation is 1. The minimum atomic E-state index is -0.607. The topological polar surface area (TPSA) is 116 Å². The first kappa shape index (κ1) is 22.4. The first-order valence-electron chi connectivity index (χ1n) is 11.2. The Hall–Kier alpha value is -4.40. The molecule has 0 bridgehead atoms. The van der Waals surface area contributed by atoms with Crippen molar-refractivity contribution in [2.45, 2.75) is 38.7 Å². The van der Waals surface area contributed by atoms with Gasteiger partial charge in [-0.25, -0.2) is 9.59 Å². The van der Waals surface area contributed by atoms with E-state index < -0.39 is 23.4 Å². The Morgan fingerprint density at radius 1 is 0.886 bits per heavy atom. The molecule has 1 aliphatic rings. The zero-order valence-electron chi connectivity index (χ0n) is 18.7. The number of fused-ring (bicyclic) bond motifs is 2. The zero-order chi connectivity index (χ0) is 24.4. The Morgan fingerprint density at radius 2 is 1.60 bits per heavy atom. The number of nitrogens with zero attached hydrogens (tertiary/aromatic N) is 1. The van der Waals surface area contributed by atoms with Gasteiger partial charge in [0.25, 0.3) is 11.8 Å². The summed E-state index contributed by atoms with van der Waals surface area (Å²) in [5.74, 6) is -1.21. The number of rotatable bonds is 8. The van der Waals surface area contributed by atoms with Crippen LogP contribution in [0.1, 0.15) is 36.8 Å². The molecule has 9 nitrogen and oxygen atoms in total. The van der Waals surface area contributed by atoms with Crippen LogP contribution in [0.3, 0.4) is 0 Å². The molecule has 1 fully saturated rings. The number of amides is 2. The van der Waals surface area contributed by atoms with Crippen molar-refractivity contribution in [2.24, 2.45) is 0 Å². The van der Waals surface area contributed by atoms with E-state index in [0.29, 0.717) is 34.8 Å². The maximum absolute atomic E-state index is 11.9. The molecule has 9 heteroatoms. The summed E-state index contributed by atoms with van der Waals surface area (Å²) in [7, 11) is 0. The standard InChI is InChI=1S/C26H21NO8/c28-20-9-10-21(29)27(20)35-23(31)3-1-2-16-4-6-17(7-5-16)15-33-26-24-19(12-13-32-24)14-18-8-11-22(30)34-25(18)26/h4-8,11-14H,1-3,9-10,15H2. The number of benzene rings is 2. The normalized spacial score (nSPS) is 13.7. The highest BCUT2D eigenvalue weighted by molar-refractivity contribution is 6.01. The van der Waals surface area contributed by atoms with E-state index in [1.54, 1.807) is 12.3 Å². The first-order valence-corrected chi connectivity index (χ1v) is 11.2. The summed E-state index contributed by atoms with van der Waals surface area (Å²) in [6.07, 6.45) is 2.93. The largest absolute Gasteiger partial charge is 0.481 e. The van der Waals surface area contributed by atoms with Gasteiger partial charge in [-0.2, -0.15) is 0 Å². The Kier molecular flexibility index (Phi) is 6.05. The molecule has 0 spiro atoms. The molecular weight excluding hydrogens is 454 g/mol. The number of ether oxygens (including phenoxy) is 1. The summed E-state index contributed by atoms with van der Waals surface area (Å²) < 4.78 is 17.0. The number of hydroxylamine groups is 2. The Bertz CT molecular complexity index is 1470. The Morgan fingerprint density at radius 3 is 2.37 bits per heavy atom. The summed E-state index contributed by atoms with van der Waals surface area (Å²) >= 11 is 0. The summed E-state index contributed by atoms with van der Waals surface area (Å²) in [6.45, 7) is 0.234. The van der Waals surface area contributed by atoms with Crippen molar-refractivity contribution >= 4 is 39.7 Å². The van der Waals surface area contributed by atoms with E-state index in [1.165, 1.54) is 6.07 Å². The van der Waals surface area contributed by atoms with Crippen LogP contribution in [0.25, 0.3) is 21.9 Å². The fraction of sp³-hybridized carbons (Fsp3) is 0.231. The van der Waals surface area contributed by atoms with Gasteiger partial charge in [0, 0.05) is 36.1 Å². The molecule has 4 aromatic rings. The smallest absolute Gasteiger partial charge is 0.336 e. The van der Waals surface area contributed by atoms with Crippen LogP contribution >= 0.6 is 0 Å². The van der Waals surface area contributed by atoms with Gasteiger partial charge in [0.15, 0.2) is 11.2 Å². The van der Waals surface area contributed by atoms with Crippen LogP contribution in [0, 0.1) is 0 Å². The molecule has 1 saturated heterocycles. The summed E-state index contributed by atoms with van der Waals surface area (Å²) in [5, 5.41) is 2.14. The van der Waals surface area contributed by atoms with E-state index in [0.717, 1.165) is 21.9 Å². The molecule has 2 amide bonds. The third kappa shape index (κ3) is 4.79. The second kappa shape index (κ2) is 9.46. The third-order valence-electron chi connectivity index (χ3n) is 5.73. The molecule has 0 unspecified atom stereocenters. The molecule has 178 valence electrons. The van der Waals surface area contributed by atoms with Crippen molar-refractivity contribution < 1.29 is 32.8 Å². The monoisotopic (exact) mass is 475 g/mol. The quantitative estimate of drug-likeness (QED) is 0.277. The molecule has 3 heterocycles. The second-order valence-electron chi connectivity index (χ2n) is 8.22. The number of carbonyl (C=O) groups excluding carboxylic acids is 3. The number of hydrogen-bond acceptors (Lipinski definition) is 8. The van der Waals surface area contributed by atoms with Gasteiger partial charge in [-0.15, -0.1) is 5.06 Å². The van der Waals surface area contributed by atoms with Crippen molar-refractivity contribution in [3.05, 3.63) is 76.3 Å². The van der Waals surface area contributed by atoms with E-state index in [2.05, 4.69) is 0 Å². The van der Waals surface area contributed by atoms with Gasteiger partial charge in [-0.1, -0.05) is 24.3 Å². The third-order valence-corrected chi connectivity index (χ3v) is 5.73. The van der Waals surface area contributed by atoms with E-state index in [9.17, 15) is 19.2 Å². The second-order valence-corrected chi connectivity index (χ2v) is 8.22. The summed E-state index contributed by atoms with van der Waals surface area (Å²) in [4.78, 5) is 51.6. The molecule has 2 aromatic carbocycles. The lowest BCUT2D eigenvalue weighted by Gasteiger charge is -2.12. The van der Waals surface area contributed by atoms with Gasteiger partial charge < -0.3 is 18.4 Å². The molecule has 35 heavy (non-hydrogen) atoms. The lowest BCUT2D eigenvalue weighted by Crippen LogP contribution is -2.31. The van der Waals surface area contributed by atoms with Crippen LogP contribution in [-0.4, -0.2) is 22.8 Å². The summed E-state index contributed by atoms with van der Waals surface area (Å²) in [5.41, 5.74) is 2.28. The van der Waals surface area contributed by atoms with Crippen LogP contribution in [0.5, 0.6) is 5.75 Å². The van der Waals surface area contributed by atoms with E-state index in [4.69, 9.17) is 18.4 Å². The number of imide groups is 1. The zero-order valence-corrected chi connectivity index (χ0v) is 18.7. The number of hydrogen-bond donors (Lipinski definition) is 0. The van der Waals surface area contributed by atoms with E-state index >= 15 is 0 Å². The van der Waals surface area contributed by atoms with Crippen molar-refractivity contribution in [1.29, 1.82) is 0 Å². The molecule has 0 saturated carbocycles. The highest BCUT2D eigenvalue weighted by Crippen LogP contribution is 2.35. The first-order chi connectivity index (χ1) is 17.0. The molecule has 0 atom stereocenters. The van der Waals surface area contributed by atoms with Crippen LogP contribution in [0.4, 0.5) is 0 Å². The molecule has 0 radical (unpaired) electrons. The lowest BCUT2D eigenvalue weighted by molar-refractivity contribution is -0.197. The van der Waals surface area contributed by atoms with Crippen LogP contribution in [0.2, 0.25) is 0 Å². The van der Waals surface area contributed by atoms with Crippen LogP contribution < -0.4 is 10.4 Å². The van der Waals surface area contributed by atoms with Gasteiger partial charge in [-0.05, 0) is 42.2 Å². The highest BCUT2D eigenvalue weighted by atomic mass is 16.7. The molecule has 2 aromatic heterocycles. The molecule has 0 aliphatic carbocycles. The van der Waals surface area contributed by atoms with Gasteiger partial charge in [0.1, 0.15) is 6.61 Å². The maximum atomic E-state index is 11.9. The predicted molar refractivity (Wildman–Crippen MR) is 123 cm³/mol. The molecular formula is C26H21NO8. The van der Waals surface area contributed by atoms with Crippen LogP contribution in [-0.2, 0) is 32.2 Å². The number of carbonyl (C=O) groups is 3. The van der Waals surface area contributed by atoms with Gasteiger partial charge in [-0.3, -0.25) is 9.59 Å². The fourth-order valence-electron chi connectivity index (χ4n) is 3.94. The van der Waals surface area contributed by atoms with Gasteiger partial charge >= 0.3 is 11.6 Å². The Balaban J connectivity index is 1.18. The van der Waals surface area contributed by atoms with Crippen molar-refractivity contribution in [2.75, 3.05) is 0 Å². The van der Waals surface area contributed by atoms with E-state index in [1.807, 2.05) is 36.4 Å². The highest BCUT2D eigenvalue weighted by Gasteiger charge is 2.32. The van der Waals surface area contributed by atoms with Crippen molar-refractivity contribution in [3.63, 3.8) is 0 Å². The average Bonchev–Trinajstić information content (AvgIpc) is 3.44. The van der Waals surface area contributed by atoms with Crippen molar-refractivity contribution in [3.8, 4) is 5.75 Å². The minimum absolute atomic E-state index is 0.0729. The molecule has 1 aliphatic heterocycles. The minimum Gasteiger partial charge on any atom is -0.481 e. The predicted octanol–water partition coefficient (Wildman–Crippen LogP) is 4.05. The lowest BCUT2D eigenvalue weighted by atomic mass is 10.1. The van der Waals surface area contributed by atoms with Crippen molar-refractivity contribution in [1.82, 2.24) is 5.06 Å². The number of furan rings is 1. The van der Waals surface area contributed by atoms with E-state index in [-0.39, 0.29) is 25.9 Å². The molecule has 0 N–H and O–H groups in total. The SMILES string of the molecule is O=C(CCCc1ccc(COc2c3occc3cc3ccc(=O)oc23)cc1)ON1C(=O)CCC1=O. The van der Waals surface area contributed by atoms with Crippen LogP contribution in [0.15, 0.2) is 68.4 Å². The summed E-state index contributed by atoms with van der Waals surface area (Å²) in [6, 6.07) is 14.4. The molecule has 5 rings (SSSR count). The maximum Gasteiger partial charge on any atom is 0.336 e. The van der Waals surface area contributed by atoms with Gasteiger partial charge in [0.2, 0.25) is 5.75 Å². The van der Waals surface area contributed by atoms with Gasteiger partial charge in [0.05, 0.1) is 6.26 Å². The Labute approximate surface area is 198 Å².